The molecule has 1 aliphatic rings. The van der Waals surface area contributed by atoms with Crippen molar-refractivity contribution in [1.82, 2.24) is 19.5 Å². The zero-order valence-electron chi connectivity index (χ0n) is 16.9. The van der Waals surface area contributed by atoms with Crippen LogP contribution in [0.1, 0.15) is 17.4 Å². The molecule has 0 spiro atoms. The molecule has 3 atom stereocenters. The van der Waals surface area contributed by atoms with E-state index in [4.69, 9.17) is 19.9 Å². The van der Waals surface area contributed by atoms with Gasteiger partial charge in [0.1, 0.15) is 24.1 Å². The molecule has 0 saturated carbocycles. The van der Waals surface area contributed by atoms with Crippen molar-refractivity contribution < 1.29 is 14.2 Å². The van der Waals surface area contributed by atoms with Crippen molar-refractivity contribution in [2.75, 3.05) is 12.3 Å². The molecule has 2 aromatic carbocycles. The van der Waals surface area contributed by atoms with Crippen LogP contribution >= 0.6 is 0 Å². The number of hydrogen-bond acceptors (Lipinski definition) is 7. The van der Waals surface area contributed by atoms with E-state index in [-0.39, 0.29) is 18.4 Å². The number of hydrogen-bond donors (Lipinski definition) is 1. The maximum absolute atomic E-state index is 6.27. The van der Waals surface area contributed by atoms with E-state index in [0.717, 1.165) is 11.1 Å². The molecular formula is C23H23N5O3. The van der Waals surface area contributed by atoms with Gasteiger partial charge in [-0.25, -0.2) is 15.0 Å². The summed E-state index contributed by atoms with van der Waals surface area (Å²) in [6.45, 7) is 1.42. The number of nitrogens with two attached hydrogens (primary N) is 1. The van der Waals surface area contributed by atoms with Crippen molar-refractivity contribution in [1.29, 1.82) is 0 Å². The summed E-state index contributed by atoms with van der Waals surface area (Å²) in [7, 11) is 0. The van der Waals surface area contributed by atoms with Crippen molar-refractivity contribution in [3.05, 3.63) is 84.4 Å². The monoisotopic (exact) mass is 417 g/mol. The lowest BCUT2D eigenvalue weighted by Gasteiger charge is -2.44. The van der Waals surface area contributed by atoms with Gasteiger partial charge in [0.15, 0.2) is 17.7 Å². The summed E-state index contributed by atoms with van der Waals surface area (Å²) in [4.78, 5) is 12.7. The summed E-state index contributed by atoms with van der Waals surface area (Å²) in [5.74, 6) is 0.340. The van der Waals surface area contributed by atoms with E-state index in [1.807, 2.05) is 65.2 Å². The van der Waals surface area contributed by atoms with Crippen molar-refractivity contribution in [3.8, 4) is 0 Å². The Kier molecular flexibility index (Phi) is 5.57. The zero-order chi connectivity index (χ0) is 21.0. The first-order valence-electron chi connectivity index (χ1n) is 10.2. The number of nitrogens with zero attached hydrogens (tertiary/aromatic N) is 4. The van der Waals surface area contributed by atoms with Gasteiger partial charge >= 0.3 is 0 Å². The molecule has 2 N–H and O–H groups in total. The van der Waals surface area contributed by atoms with Gasteiger partial charge in [0.2, 0.25) is 0 Å². The second kappa shape index (κ2) is 8.81. The highest BCUT2D eigenvalue weighted by Gasteiger charge is 2.45. The maximum Gasteiger partial charge on any atom is 0.167 e. The first kappa shape index (κ1) is 19.6. The Morgan fingerprint density at radius 3 is 2.35 bits per heavy atom. The molecule has 0 aliphatic carbocycles. The van der Waals surface area contributed by atoms with Crippen LogP contribution in [0.5, 0.6) is 0 Å². The van der Waals surface area contributed by atoms with Gasteiger partial charge in [-0.3, -0.25) is 4.57 Å². The predicted octanol–water partition coefficient (Wildman–Crippen LogP) is 3.11. The van der Waals surface area contributed by atoms with Crippen LogP contribution in [-0.2, 0) is 27.4 Å². The minimum absolute atomic E-state index is 0.200. The van der Waals surface area contributed by atoms with Gasteiger partial charge in [-0.05, 0) is 11.1 Å². The van der Waals surface area contributed by atoms with Crippen molar-refractivity contribution in [3.63, 3.8) is 0 Å². The van der Waals surface area contributed by atoms with Gasteiger partial charge in [-0.1, -0.05) is 60.7 Å². The van der Waals surface area contributed by atoms with Crippen LogP contribution in [-0.4, -0.2) is 38.3 Å². The summed E-state index contributed by atoms with van der Waals surface area (Å²) in [6, 6.07) is 20.1. The Balaban J connectivity index is 1.30. The fraction of sp³-hybridized carbons (Fsp3) is 0.261. The second-order valence-electron chi connectivity index (χ2n) is 7.41. The summed E-state index contributed by atoms with van der Waals surface area (Å²) in [5, 5.41) is 0. The lowest BCUT2D eigenvalue weighted by Crippen LogP contribution is -2.53. The zero-order valence-corrected chi connectivity index (χ0v) is 16.9. The van der Waals surface area contributed by atoms with Gasteiger partial charge in [-0.2, -0.15) is 0 Å². The molecule has 8 heteroatoms. The third kappa shape index (κ3) is 4.13. The van der Waals surface area contributed by atoms with Crippen LogP contribution in [0.4, 0.5) is 5.82 Å². The number of benzene rings is 2. The number of ether oxygens (including phenoxy) is 3. The van der Waals surface area contributed by atoms with Crippen molar-refractivity contribution in [2.24, 2.45) is 0 Å². The molecule has 8 nitrogen and oxygen atoms in total. The Morgan fingerprint density at radius 1 is 0.903 bits per heavy atom. The summed E-state index contributed by atoms with van der Waals surface area (Å²) in [5.41, 5.74) is 9.32. The standard InChI is InChI=1S/C23H23N5O3/c24-21-19-22(26-14-25-21)28(15-27-19)23-20(30-12-17-9-5-2-6-10-17)18(31-23)13-29-11-16-7-3-1-4-8-16/h1-10,14-15,18,20,23H,11-13H2,(H2,24,25,26)/t18-,20-,23-/m1/s1. The topological polar surface area (TPSA) is 97.3 Å². The van der Waals surface area contributed by atoms with Crippen LogP contribution in [0.25, 0.3) is 11.2 Å². The molecule has 158 valence electrons. The van der Waals surface area contributed by atoms with Gasteiger partial charge in [-0.15, -0.1) is 0 Å². The van der Waals surface area contributed by atoms with Crippen LogP contribution in [0, 0.1) is 0 Å². The van der Waals surface area contributed by atoms with E-state index < -0.39 is 0 Å². The Labute approximate surface area is 179 Å². The molecule has 2 aromatic heterocycles. The normalized spacial score (nSPS) is 20.6. The minimum Gasteiger partial charge on any atom is -0.382 e. The van der Waals surface area contributed by atoms with Gasteiger partial charge in [0.25, 0.3) is 0 Å². The number of aromatic nitrogens is 4. The van der Waals surface area contributed by atoms with Crippen molar-refractivity contribution in [2.45, 2.75) is 31.6 Å². The molecule has 0 amide bonds. The average molecular weight is 417 g/mol. The summed E-state index contributed by atoms with van der Waals surface area (Å²) in [6.07, 6.45) is 2.31. The molecule has 5 rings (SSSR count). The Morgan fingerprint density at radius 2 is 1.61 bits per heavy atom. The number of rotatable bonds is 8. The molecule has 31 heavy (non-hydrogen) atoms. The molecule has 1 aliphatic heterocycles. The number of fused-ring (bicyclic) bond motifs is 1. The van der Waals surface area contributed by atoms with E-state index in [0.29, 0.717) is 36.8 Å². The maximum atomic E-state index is 6.27. The lowest BCUT2D eigenvalue weighted by molar-refractivity contribution is -0.287. The largest absolute Gasteiger partial charge is 0.382 e. The fourth-order valence-electron chi connectivity index (χ4n) is 3.67. The second-order valence-corrected chi connectivity index (χ2v) is 7.41. The third-order valence-electron chi connectivity index (χ3n) is 5.30. The quantitative estimate of drug-likeness (QED) is 0.470. The van der Waals surface area contributed by atoms with E-state index in [2.05, 4.69) is 15.0 Å². The van der Waals surface area contributed by atoms with Crippen molar-refractivity contribution >= 4 is 17.0 Å². The average Bonchev–Trinajstić information content (AvgIpc) is 3.22. The molecule has 0 unspecified atom stereocenters. The fourth-order valence-corrected chi connectivity index (χ4v) is 3.67. The van der Waals surface area contributed by atoms with E-state index in [1.165, 1.54) is 6.33 Å². The SMILES string of the molecule is Nc1ncnc2c1ncn2[C@@H]1O[C@H](COCc2ccccc2)[C@H]1OCc1ccccc1. The molecule has 1 fully saturated rings. The molecule has 3 heterocycles. The van der Waals surface area contributed by atoms with Crippen LogP contribution < -0.4 is 5.73 Å². The van der Waals surface area contributed by atoms with Crippen LogP contribution in [0.2, 0.25) is 0 Å². The molecule has 0 radical (unpaired) electrons. The lowest BCUT2D eigenvalue weighted by atomic mass is 10.1. The minimum atomic E-state index is -0.367. The first-order chi connectivity index (χ1) is 15.3. The molecular weight excluding hydrogens is 394 g/mol. The number of anilines is 1. The highest BCUT2D eigenvalue weighted by molar-refractivity contribution is 5.81. The third-order valence-corrected chi connectivity index (χ3v) is 5.30. The number of imidazole rings is 1. The first-order valence-corrected chi connectivity index (χ1v) is 10.2. The highest BCUT2D eigenvalue weighted by atomic mass is 16.6. The van der Waals surface area contributed by atoms with E-state index >= 15 is 0 Å². The highest BCUT2D eigenvalue weighted by Crippen LogP contribution is 2.36. The summed E-state index contributed by atoms with van der Waals surface area (Å²) < 4.78 is 20.2. The Hall–Kier alpha value is -3.33. The van der Waals surface area contributed by atoms with E-state index in [1.54, 1.807) is 6.33 Å². The van der Waals surface area contributed by atoms with Gasteiger partial charge in [0, 0.05) is 0 Å². The Bertz CT molecular complexity index is 1140. The van der Waals surface area contributed by atoms with Crippen LogP contribution in [0.15, 0.2) is 73.3 Å². The predicted molar refractivity (Wildman–Crippen MR) is 115 cm³/mol. The van der Waals surface area contributed by atoms with Gasteiger partial charge < -0.3 is 19.9 Å². The molecule has 4 aromatic rings. The molecule has 1 saturated heterocycles. The molecule has 0 bridgehead atoms. The smallest absolute Gasteiger partial charge is 0.167 e. The van der Waals surface area contributed by atoms with Crippen LogP contribution in [0.3, 0.4) is 0 Å². The summed E-state index contributed by atoms with van der Waals surface area (Å²) >= 11 is 0. The number of nitrogen functional groups attached to an aromatic ring is 1. The van der Waals surface area contributed by atoms with E-state index in [9.17, 15) is 0 Å². The van der Waals surface area contributed by atoms with Gasteiger partial charge in [0.05, 0.1) is 26.1 Å².